The molecule has 1 aliphatic heterocycles. The van der Waals surface area contributed by atoms with Gasteiger partial charge in [0.1, 0.15) is 12.4 Å². The summed E-state index contributed by atoms with van der Waals surface area (Å²) >= 11 is 0. The molecule has 134 valence electrons. The highest BCUT2D eigenvalue weighted by Gasteiger charge is 2.32. The quantitative estimate of drug-likeness (QED) is 0.821. The van der Waals surface area contributed by atoms with Crippen LogP contribution in [-0.4, -0.2) is 55.0 Å². The van der Waals surface area contributed by atoms with Gasteiger partial charge in [-0.25, -0.2) is 4.79 Å². The minimum atomic E-state index is -4.78. The number of rotatable bonds is 5. The van der Waals surface area contributed by atoms with Gasteiger partial charge in [-0.2, -0.15) is 0 Å². The Balaban J connectivity index is 1.86. The predicted molar refractivity (Wildman–Crippen MR) is 81.6 cm³/mol. The van der Waals surface area contributed by atoms with E-state index >= 15 is 0 Å². The summed E-state index contributed by atoms with van der Waals surface area (Å²) < 4.78 is 46.2. The number of para-hydroxylation sites is 1. The Kier molecular flexibility index (Phi) is 6.30. The van der Waals surface area contributed by atoms with E-state index in [-0.39, 0.29) is 17.9 Å². The molecular formula is C16H21F3N2O3. The molecule has 8 heteroatoms. The van der Waals surface area contributed by atoms with E-state index in [1.54, 1.807) is 11.0 Å². The molecule has 0 saturated carbocycles. The van der Waals surface area contributed by atoms with Gasteiger partial charge in [0.05, 0.1) is 0 Å². The standard InChI is InChI=1S/C16H21F3N2O3/c1-2-7-20-8-10-21(11-9-20)15(22)23-12-13-5-3-4-6-14(13)24-16(17,18)19/h3-6H,2,7-12H2,1H3. The summed E-state index contributed by atoms with van der Waals surface area (Å²) in [5, 5.41) is 0. The molecule has 1 aromatic rings. The van der Waals surface area contributed by atoms with Gasteiger partial charge in [0.15, 0.2) is 0 Å². The molecule has 0 aromatic heterocycles. The number of hydrogen-bond acceptors (Lipinski definition) is 4. The van der Waals surface area contributed by atoms with Gasteiger partial charge < -0.3 is 14.4 Å². The molecule has 1 aliphatic rings. The van der Waals surface area contributed by atoms with Crippen molar-refractivity contribution >= 4 is 6.09 Å². The van der Waals surface area contributed by atoms with E-state index in [1.807, 2.05) is 0 Å². The lowest BCUT2D eigenvalue weighted by Gasteiger charge is -2.33. The van der Waals surface area contributed by atoms with Crippen LogP contribution in [0.15, 0.2) is 24.3 Å². The monoisotopic (exact) mass is 346 g/mol. The molecule has 0 aliphatic carbocycles. The first-order valence-electron chi connectivity index (χ1n) is 7.86. The minimum Gasteiger partial charge on any atom is -0.444 e. The third-order valence-corrected chi connectivity index (χ3v) is 3.72. The number of ether oxygens (including phenoxy) is 2. The number of nitrogens with zero attached hydrogens (tertiary/aromatic N) is 2. The molecule has 0 spiro atoms. The van der Waals surface area contributed by atoms with Crippen molar-refractivity contribution in [3.8, 4) is 5.75 Å². The Morgan fingerprint density at radius 1 is 1.17 bits per heavy atom. The van der Waals surface area contributed by atoms with Crippen molar-refractivity contribution in [1.82, 2.24) is 9.80 Å². The summed E-state index contributed by atoms with van der Waals surface area (Å²) in [6, 6.07) is 5.63. The molecule has 0 bridgehead atoms. The van der Waals surface area contributed by atoms with Crippen molar-refractivity contribution in [2.45, 2.75) is 26.3 Å². The molecule has 0 radical (unpaired) electrons. The molecule has 0 unspecified atom stereocenters. The summed E-state index contributed by atoms with van der Waals surface area (Å²) in [5.74, 6) is -0.356. The van der Waals surface area contributed by atoms with Crippen LogP contribution in [-0.2, 0) is 11.3 Å². The summed E-state index contributed by atoms with van der Waals surface area (Å²) in [4.78, 5) is 15.9. The fraction of sp³-hybridized carbons (Fsp3) is 0.562. The topological polar surface area (TPSA) is 42.0 Å². The van der Waals surface area contributed by atoms with Crippen molar-refractivity contribution in [3.63, 3.8) is 0 Å². The fourth-order valence-electron chi connectivity index (χ4n) is 2.55. The first kappa shape index (κ1) is 18.4. The minimum absolute atomic E-state index is 0.174. The van der Waals surface area contributed by atoms with Crippen molar-refractivity contribution in [2.24, 2.45) is 0 Å². The Labute approximate surface area is 138 Å². The van der Waals surface area contributed by atoms with E-state index in [1.165, 1.54) is 18.2 Å². The number of amides is 1. The van der Waals surface area contributed by atoms with Gasteiger partial charge in [-0.3, -0.25) is 4.90 Å². The fourth-order valence-corrected chi connectivity index (χ4v) is 2.55. The molecule has 2 rings (SSSR count). The molecule has 24 heavy (non-hydrogen) atoms. The molecule has 1 heterocycles. The van der Waals surface area contributed by atoms with Crippen LogP contribution in [0.3, 0.4) is 0 Å². The van der Waals surface area contributed by atoms with Gasteiger partial charge in [-0.15, -0.1) is 13.2 Å². The summed E-state index contributed by atoms with van der Waals surface area (Å²) in [7, 11) is 0. The van der Waals surface area contributed by atoms with Crippen LogP contribution in [0.25, 0.3) is 0 Å². The van der Waals surface area contributed by atoms with Crippen LogP contribution < -0.4 is 4.74 Å². The van der Waals surface area contributed by atoms with Gasteiger partial charge >= 0.3 is 12.5 Å². The third kappa shape index (κ3) is 5.59. The zero-order valence-electron chi connectivity index (χ0n) is 13.5. The van der Waals surface area contributed by atoms with Crippen LogP contribution in [0.2, 0.25) is 0 Å². The molecule has 0 atom stereocenters. The molecule has 0 N–H and O–H groups in total. The Bertz CT molecular complexity index is 544. The molecular weight excluding hydrogens is 325 g/mol. The highest BCUT2D eigenvalue weighted by atomic mass is 19.4. The van der Waals surface area contributed by atoms with Crippen molar-refractivity contribution in [2.75, 3.05) is 32.7 Å². The first-order chi connectivity index (χ1) is 11.4. The molecule has 5 nitrogen and oxygen atoms in total. The van der Waals surface area contributed by atoms with Crippen molar-refractivity contribution in [3.05, 3.63) is 29.8 Å². The largest absolute Gasteiger partial charge is 0.573 e. The molecule has 1 saturated heterocycles. The lowest BCUT2D eigenvalue weighted by Crippen LogP contribution is -2.48. The Hall–Kier alpha value is -1.96. The number of alkyl halides is 3. The normalized spacial score (nSPS) is 16.1. The summed E-state index contributed by atoms with van der Waals surface area (Å²) in [6.07, 6.45) is -4.25. The van der Waals surface area contributed by atoms with Crippen LogP contribution in [0.4, 0.5) is 18.0 Å². The summed E-state index contributed by atoms with van der Waals surface area (Å²) in [5.41, 5.74) is 0.174. The number of hydrogen-bond donors (Lipinski definition) is 0. The van der Waals surface area contributed by atoms with Gasteiger partial charge in [-0.1, -0.05) is 25.1 Å². The number of carbonyl (C=O) groups excluding carboxylic acids is 1. The average molecular weight is 346 g/mol. The predicted octanol–water partition coefficient (Wildman–Crippen LogP) is 3.25. The van der Waals surface area contributed by atoms with Gasteiger partial charge in [-0.05, 0) is 19.0 Å². The average Bonchev–Trinajstić information content (AvgIpc) is 2.53. The van der Waals surface area contributed by atoms with Gasteiger partial charge in [0.25, 0.3) is 0 Å². The second-order valence-corrected chi connectivity index (χ2v) is 5.54. The zero-order chi connectivity index (χ0) is 17.6. The van der Waals surface area contributed by atoms with Crippen LogP contribution in [0, 0.1) is 0 Å². The Morgan fingerprint density at radius 3 is 2.46 bits per heavy atom. The number of carbonyl (C=O) groups is 1. The third-order valence-electron chi connectivity index (χ3n) is 3.72. The zero-order valence-corrected chi connectivity index (χ0v) is 13.5. The first-order valence-corrected chi connectivity index (χ1v) is 7.86. The number of benzene rings is 1. The maximum absolute atomic E-state index is 12.4. The SMILES string of the molecule is CCCN1CCN(C(=O)OCc2ccccc2OC(F)(F)F)CC1. The number of piperazine rings is 1. The van der Waals surface area contributed by atoms with Crippen molar-refractivity contribution < 1.29 is 27.4 Å². The van der Waals surface area contributed by atoms with E-state index < -0.39 is 12.5 Å². The second kappa shape index (κ2) is 8.23. The molecule has 1 amide bonds. The van der Waals surface area contributed by atoms with Gasteiger partial charge in [0.2, 0.25) is 0 Å². The maximum Gasteiger partial charge on any atom is 0.573 e. The highest BCUT2D eigenvalue weighted by Crippen LogP contribution is 2.26. The van der Waals surface area contributed by atoms with E-state index in [2.05, 4.69) is 16.6 Å². The lowest BCUT2D eigenvalue weighted by molar-refractivity contribution is -0.275. The van der Waals surface area contributed by atoms with Gasteiger partial charge in [0, 0.05) is 31.7 Å². The molecule has 1 fully saturated rings. The smallest absolute Gasteiger partial charge is 0.444 e. The number of halogens is 3. The van der Waals surface area contributed by atoms with Crippen molar-refractivity contribution in [1.29, 1.82) is 0 Å². The summed E-state index contributed by atoms with van der Waals surface area (Å²) in [6.45, 7) is 5.49. The van der Waals surface area contributed by atoms with E-state index in [0.717, 1.165) is 26.1 Å². The van der Waals surface area contributed by atoms with E-state index in [9.17, 15) is 18.0 Å². The second-order valence-electron chi connectivity index (χ2n) is 5.54. The highest BCUT2D eigenvalue weighted by molar-refractivity contribution is 5.67. The maximum atomic E-state index is 12.4. The molecule has 1 aromatic carbocycles. The van der Waals surface area contributed by atoms with E-state index in [0.29, 0.717) is 13.1 Å². The lowest BCUT2D eigenvalue weighted by atomic mass is 10.2. The van der Waals surface area contributed by atoms with Crippen LogP contribution in [0.1, 0.15) is 18.9 Å². The van der Waals surface area contributed by atoms with Crippen LogP contribution >= 0.6 is 0 Å². The van der Waals surface area contributed by atoms with E-state index in [4.69, 9.17) is 4.74 Å². The van der Waals surface area contributed by atoms with Crippen LogP contribution in [0.5, 0.6) is 5.75 Å². The Morgan fingerprint density at radius 2 is 1.83 bits per heavy atom.